The summed E-state index contributed by atoms with van der Waals surface area (Å²) in [7, 11) is 1.81. The van der Waals surface area contributed by atoms with Gasteiger partial charge in [0.15, 0.2) is 5.78 Å². The Bertz CT molecular complexity index is 964. The lowest BCUT2D eigenvalue weighted by Crippen LogP contribution is -2.36. The highest BCUT2D eigenvalue weighted by Gasteiger charge is 2.26. The zero-order chi connectivity index (χ0) is 16.8. The van der Waals surface area contributed by atoms with Crippen LogP contribution in [0.5, 0.6) is 0 Å². The fraction of sp³-hybridized carbons (Fsp3) is 0.263. The Kier molecular flexibility index (Phi) is 3.30. The number of hydrogen-bond acceptors (Lipinski definition) is 2. The third-order valence-corrected chi connectivity index (χ3v) is 4.80. The summed E-state index contributed by atoms with van der Waals surface area (Å²) in [4.78, 5) is 29.8. The largest absolute Gasteiger partial charge is 0.358 e. The number of carbonyl (C=O) groups is 2. The van der Waals surface area contributed by atoms with Crippen molar-refractivity contribution >= 4 is 22.6 Å². The summed E-state index contributed by atoms with van der Waals surface area (Å²) in [6, 6.07) is 9.88. The van der Waals surface area contributed by atoms with Crippen LogP contribution in [0.15, 0.2) is 36.5 Å². The van der Waals surface area contributed by atoms with Crippen molar-refractivity contribution in [2.45, 2.75) is 19.9 Å². The topological polar surface area (TPSA) is 58.1 Å². The van der Waals surface area contributed by atoms with E-state index in [4.69, 9.17) is 0 Å². The van der Waals surface area contributed by atoms with Crippen LogP contribution in [0.25, 0.3) is 10.9 Å². The number of hydrogen-bond donors (Lipinski definition) is 1. The number of aromatic nitrogens is 2. The number of nitrogens with one attached hydrogen (secondary N) is 1. The Hall–Kier alpha value is -2.82. The number of fused-ring (bicyclic) bond motifs is 3. The van der Waals surface area contributed by atoms with E-state index in [1.807, 2.05) is 17.0 Å². The molecule has 1 aliphatic heterocycles. The number of carbonyl (C=O) groups excluding carboxylic acids is 2. The Morgan fingerprint density at radius 3 is 2.75 bits per heavy atom. The van der Waals surface area contributed by atoms with Crippen LogP contribution in [0, 0.1) is 0 Å². The summed E-state index contributed by atoms with van der Waals surface area (Å²) in [5.74, 6) is -0.0526. The Balaban J connectivity index is 1.67. The summed E-state index contributed by atoms with van der Waals surface area (Å²) in [5.41, 5.74) is 4.67. The average Bonchev–Trinajstić information content (AvgIpc) is 3.14. The highest BCUT2D eigenvalue weighted by molar-refractivity contribution is 5.99. The lowest BCUT2D eigenvalue weighted by molar-refractivity contribution is 0.0725. The van der Waals surface area contributed by atoms with E-state index in [1.54, 1.807) is 23.9 Å². The molecule has 0 unspecified atom stereocenters. The maximum atomic E-state index is 12.9. The fourth-order valence-corrected chi connectivity index (χ4v) is 3.47. The first-order valence-electron chi connectivity index (χ1n) is 8.09. The van der Waals surface area contributed by atoms with E-state index < -0.39 is 0 Å². The Morgan fingerprint density at radius 2 is 2.00 bits per heavy atom. The number of aryl methyl sites for hydroxylation is 1. The summed E-state index contributed by atoms with van der Waals surface area (Å²) < 4.78 is 1.74. The maximum absolute atomic E-state index is 12.9. The van der Waals surface area contributed by atoms with E-state index in [-0.39, 0.29) is 11.7 Å². The average molecular weight is 321 g/mol. The van der Waals surface area contributed by atoms with Gasteiger partial charge in [-0.15, -0.1) is 0 Å². The number of aromatic amines is 1. The van der Waals surface area contributed by atoms with E-state index in [1.165, 1.54) is 23.6 Å². The van der Waals surface area contributed by atoms with E-state index >= 15 is 0 Å². The number of rotatable bonds is 2. The maximum Gasteiger partial charge on any atom is 0.270 e. The second-order valence-electron chi connectivity index (χ2n) is 6.39. The molecule has 3 heterocycles. The van der Waals surface area contributed by atoms with Gasteiger partial charge in [0, 0.05) is 60.5 Å². The first-order valence-corrected chi connectivity index (χ1v) is 8.09. The number of benzene rings is 1. The van der Waals surface area contributed by atoms with E-state index in [0.717, 1.165) is 11.9 Å². The highest BCUT2D eigenvalue weighted by Crippen LogP contribution is 2.28. The van der Waals surface area contributed by atoms with Crippen LogP contribution < -0.4 is 0 Å². The third-order valence-electron chi connectivity index (χ3n) is 4.80. The number of amides is 1. The molecule has 0 bridgehead atoms. The third kappa shape index (κ3) is 2.24. The zero-order valence-corrected chi connectivity index (χ0v) is 13.8. The molecule has 4 rings (SSSR count). The predicted molar refractivity (Wildman–Crippen MR) is 92.2 cm³/mol. The van der Waals surface area contributed by atoms with Gasteiger partial charge in [0.1, 0.15) is 5.69 Å². The smallest absolute Gasteiger partial charge is 0.270 e. The van der Waals surface area contributed by atoms with Crippen LogP contribution in [0.3, 0.4) is 0 Å². The number of nitrogens with zero attached hydrogens (tertiary/aromatic N) is 2. The second-order valence-corrected chi connectivity index (χ2v) is 6.39. The highest BCUT2D eigenvalue weighted by atomic mass is 16.2. The van der Waals surface area contributed by atoms with E-state index in [9.17, 15) is 9.59 Å². The molecule has 0 fully saturated rings. The number of para-hydroxylation sites is 1. The van der Waals surface area contributed by atoms with Crippen molar-refractivity contribution in [2.24, 2.45) is 7.05 Å². The standard InChI is InChI=1S/C19H19N3O2/c1-12(23)13-9-18(21(2)10-13)19(24)22-8-7-17-15(11-22)14-5-3-4-6-16(14)20-17/h3-6,9-10,20H,7-8,11H2,1-2H3. The van der Waals surface area contributed by atoms with Crippen LogP contribution in [0.2, 0.25) is 0 Å². The molecule has 0 saturated heterocycles. The molecule has 0 atom stereocenters. The van der Waals surface area contributed by atoms with Crippen LogP contribution in [0.4, 0.5) is 0 Å². The SMILES string of the molecule is CC(=O)c1cc(C(=O)N2CCc3[nH]c4ccccc4c3C2)n(C)c1. The molecule has 2 aromatic heterocycles. The summed E-state index contributed by atoms with van der Waals surface area (Å²) in [6.07, 6.45) is 2.54. The molecule has 3 aromatic rings. The molecule has 1 aromatic carbocycles. The summed E-state index contributed by atoms with van der Waals surface area (Å²) >= 11 is 0. The van der Waals surface area contributed by atoms with Gasteiger partial charge in [0.2, 0.25) is 0 Å². The minimum atomic E-state index is -0.0269. The zero-order valence-electron chi connectivity index (χ0n) is 13.8. The number of H-pyrrole nitrogens is 1. The molecular formula is C19H19N3O2. The van der Waals surface area contributed by atoms with Crippen molar-refractivity contribution < 1.29 is 9.59 Å². The van der Waals surface area contributed by atoms with Crippen molar-refractivity contribution in [3.63, 3.8) is 0 Å². The Labute approximate surface area is 139 Å². The molecule has 122 valence electrons. The van der Waals surface area contributed by atoms with Crippen LogP contribution in [0.1, 0.15) is 39.0 Å². The minimum absolute atomic E-state index is 0.0257. The summed E-state index contributed by atoms with van der Waals surface area (Å²) in [5, 5.41) is 1.18. The lowest BCUT2D eigenvalue weighted by atomic mass is 10.0. The molecule has 1 N–H and O–H groups in total. The molecule has 0 spiro atoms. The first-order chi connectivity index (χ1) is 11.5. The predicted octanol–water partition coefficient (Wildman–Crippen LogP) is 2.91. The van der Waals surface area contributed by atoms with Gasteiger partial charge in [0.25, 0.3) is 5.91 Å². The van der Waals surface area contributed by atoms with Gasteiger partial charge in [-0.3, -0.25) is 9.59 Å². The summed E-state index contributed by atoms with van der Waals surface area (Å²) in [6.45, 7) is 2.79. The molecule has 5 nitrogen and oxygen atoms in total. The number of Topliss-reactive ketones (excluding diaryl/α,β-unsaturated/α-hetero) is 1. The molecular weight excluding hydrogens is 302 g/mol. The molecule has 1 amide bonds. The molecule has 24 heavy (non-hydrogen) atoms. The monoisotopic (exact) mass is 321 g/mol. The van der Waals surface area contributed by atoms with Crippen molar-refractivity contribution in [2.75, 3.05) is 6.54 Å². The molecule has 0 saturated carbocycles. The van der Waals surface area contributed by atoms with Gasteiger partial charge in [-0.1, -0.05) is 18.2 Å². The fourth-order valence-electron chi connectivity index (χ4n) is 3.47. The normalized spacial score (nSPS) is 14.0. The van der Waals surface area contributed by atoms with Gasteiger partial charge >= 0.3 is 0 Å². The van der Waals surface area contributed by atoms with E-state index in [0.29, 0.717) is 24.3 Å². The Morgan fingerprint density at radius 1 is 1.21 bits per heavy atom. The quantitative estimate of drug-likeness (QED) is 0.738. The van der Waals surface area contributed by atoms with Crippen LogP contribution >= 0.6 is 0 Å². The first kappa shape index (κ1) is 14.8. The second kappa shape index (κ2) is 5.37. The molecule has 0 aliphatic carbocycles. The van der Waals surface area contributed by atoms with Gasteiger partial charge in [0.05, 0.1) is 0 Å². The molecule has 0 radical (unpaired) electrons. The molecule has 5 heteroatoms. The lowest BCUT2D eigenvalue weighted by Gasteiger charge is -2.27. The minimum Gasteiger partial charge on any atom is -0.358 e. The van der Waals surface area contributed by atoms with Gasteiger partial charge in [-0.05, 0) is 19.1 Å². The van der Waals surface area contributed by atoms with Crippen LogP contribution in [-0.4, -0.2) is 32.7 Å². The van der Waals surface area contributed by atoms with Gasteiger partial charge in [-0.25, -0.2) is 0 Å². The van der Waals surface area contributed by atoms with E-state index in [2.05, 4.69) is 17.1 Å². The number of ketones is 1. The van der Waals surface area contributed by atoms with Gasteiger partial charge in [-0.2, -0.15) is 0 Å². The molecule has 1 aliphatic rings. The van der Waals surface area contributed by atoms with Gasteiger partial charge < -0.3 is 14.5 Å². The van der Waals surface area contributed by atoms with Crippen molar-refractivity contribution in [1.29, 1.82) is 0 Å². The van der Waals surface area contributed by atoms with Crippen molar-refractivity contribution in [3.05, 3.63) is 59.0 Å². The van der Waals surface area contributed by atoms with Crippen molar-refractivity contribution in [1.82, 2.24) is 14.5 Å². The van der Waals surface area contributed by atoms with Crippen LogP contribution in [-0.2, 0) is 20.0 Å². The van der Waals surface area contributed by atoms with Crippen molar-refractivity contribution in [3.8, 4) is 0 Å².